The van der Waals surface area contributed by atoms with Gasteiger partial charge in [0.2, 0.25) is 0 Å². The lowest BCUT2D eigenvalue weighted by atomic mass is 9.90. The number of benzene rings is 1. The first-order chi connectivity index (χ1) is 11.7. The molecule has 26 heavy (non-hydrogen) atoms. The molecule has 2 aromatic rings. The lowest BCUT2D eigenvalue weighted by Gasteiger charge is -2.30. The highest BCUT2D eigenvalue weighted by molar-refractivity contribution is 5.92. The molecule has 2 rings (SSSR count). The maximum absolute atomic E-state index is 12.4. The fourth-order valence-corrected chi connectivity index (χ4v) is 2.67. The van der Waals surface area contributed by atoms with E-state index in [-0.39, 0.29) is 29.7 Å². The topological polar surface area (TPSA) is 129 Å². The van der Waals surface area contributed by atoms with E-state index in [9.17, 15) is 14.9 Å². The van der Waals surface area contributed by atoms with E-state index in [4.69, 9.17) is 5.73 Å². The van der Waals surface area contributed by atoms with E-state index in [0.29, 0.717) is 18.2 Å². The molecule has 1 atom stereocenters. The van der Waals surface area contributed by atoms with Gasteiger partial charge in [0.1, 0.15) is 0 Å². The summed E-state index contributed by atoms with van der Waals surface area (Å²) in [6.45, 7) is 6.29. The van der Waals surface area contributed by atoms with E-state index in [0.717, 1.165) is 6.42 Å². The number of non-ortho nitro benzene ring substituents is 1. The summed E-state index contributed by atoms with van der Waals surface area (Å²) in [6.07, 6.45) is 2.16. The first-order valence-corrected chi connectivity index (χ1v) is 7.94. The van der Waals surface area contributed by atoms with Gasteiger partial charge in [-0.05, 0) is 25.3 Å². The van der Waals surface area contributed by atoms with Crippen molar-refractivity contribution in [1.82, 2.24) is 20.3 Å². The van der Waals surface area contributed by atoms with Gasteiger partial charge in [-0.3, -0.25) is 14.9 Å². The van der Waals surface area contributed by atoms with E-state index in [1.807, 2.05) is 6.92 Å². The van der Waals surface area contributed by atoms with Crippen molar-refractivity contribution in [3.63, 3.8) is 0 Å². The zero-order chi connectivity index (χ0) is 18.6. The third-order valence-electron chi connectivity index (χ3n) is 3.76. The van der Waals surface area contributed by atoms with Crippen LogP contribution in [0.3, 0.4) is 0 Å². The Hall–Kier alpha value is -2.52. The maximum Gasteiger partial charge on any atom is 0.273 e. The molecular formula is C16H23ClN6O3. The van der Waals surface area contributed by atoms with Crippen LogP contribution in [0.5, 0.6) is 0 Å². The Balaban J connectivity index is 0.00000338. The van der Waals surface area contributed by atoms with Crippen molar-refractivity contribution in [2.24, 2.45) is 11.7 Å². The van der Waals surface area contributed by atoms with Crippen LogP contribution in [0.25, 0.3) is 5.69 Å². The number of nitrogens with two attached hydrogens (primary N) is 1. The summed E-state index contributed by atoms with van der Waals surface area (Å²) in [4.78, 5) is 22.8. The van der Waals surface area contributed by atoms with Crippen molar-refractivity contribution in [2.45, 2.75) is 32.7 Å². The molecule has 0 radical (unpaired) electrons. The molecule has 10 heteroatoms. The van der Waals surface area contributed by atoms with Crippen molar-refractivity contribution in [1.29, 1.82) is 0 Å². The molecule has 1 amide bonds. The van der Waals surface area contributed by atoms with Crippen LogP contribution in [0.2, 0.25) is 0 Å². The predicted octanol–water partition coefficient (Wildman–Crippen LogP) is 2.09. The molecule has 142 valence electrons. The first kappa shape index (κ1) is 21.5. The molecule has 0 bridgehead atoms. The van der Waals surface area contributed by atoms with Crippen LogP contribution in [-0.2, 0) is 0 Å². The third kappa shape index (κ3) is 5.24. The smallest absolute Gasteiger partial charge is 0.273 e. The van der Waals surface area contributed by atoms with Gasteiger partial charge in [-0.15, -0.1) is 17.5 Å². The molecular weight excluding hydrogens is 360 g/mol. The molecule has 0 spiro atoms. The Labute approximate surface area is 157 Å². The second-order valence-corrected chi connectivity index (χ2v) is 6.64. The lowest BCUT2D eigenvalue weighted by molar-refractivity contribution is -0.384. The van der Waals surface area contributed by atoms with Crippen LogP contribution in [0.1, 0.15) is 37.7 Å². The molecule has 0 aliphatic rings. The molecule has 1 heterocycles. The summed E-state index contributed by atoms with van der Waals surface area (Å²) in [6, 6.07) is 5.93. The van der Waals surface area contributed by atoms with Crippen LogP contribution >= 0.6 is 12.4 Å². The van der Waals surface area contributed by atoms with Crippen LogP contribution in [0.15, 0.2) is 30.5 Å². The molecule has 1 unspecified atom stereocenters. The highest BCUT2D eigenvalue weighted by Crippen LogP contribution is 2.18. The first-order valence-electron chi connectivity index (χ1n) is 7.94. The average Bonchev–Trinajstić information content (AvgIpc) is 3.04. The average molecular weight is 383 g/mol. The number of hydrogen-bond donors (Lipinski definition) is 2. The molecule has 9 nitrogen and oxygen atoms in total. The predicted molar refractivity (Wildman–Crippen MR) is 99.6 cm³/mol. The number of rotatable bonds is 7. The summed E-state index contributed by atoms with van der Waals surface area (Å²) < 4.78 is 1.32. The van der Waals surface area contributed by atoms with E-state index in [1.165, 1.54) is 23.0 Å². The Morgan fingerprint density at radius 1 is 1.46 bits per heavy atom. The van der Waals surface area contributed by atoms with Gasteiger partial charge in [0.05, 0.1) is 22.3 Å². The van der Waals surface area contributed by atoms with Gasteiger partial charge < -0.3 is 11.1 Å². The normalized spacial score (nSPS) is 13.0. The lowest BCUT2D eigenvalue weighted by Crippen LogP contribution is -2.52. The molecule has 0 aliphatic heterocycles. The molecule has 0 saturated heterocycles. The largest absolute Gasteiger partial charge is 0.344 e. The van der Waals surface area contributed by atoms with Gasteiger partial charge >= 0.3 is 0 Å². The van der Waals surface area contributed by atoms with Crippen molar-refractivity contribution in [2.75, 3.05) is 6.54 Å². The van der Waals surface area contributed by atoms with Crippen molar-refractivity contribution in [3.8, 4) is 5.69 Å². The zero-order valence-electron chi connectivity index (χ0n) is 14.9. The van der Waals surface area contributed by atoms with Gasteiger partial charge in [-0.25, -0.2) is 4.68 Å². The number of aromatic nitrogens is 3. The van der Waals surface area contributed by atoms with Crippen molar-refractivity contribution < 1.29 is 9.72 Å². The summed E-state index contributed by atoms with van der Waals surface area (Å²) in [5, 5.41) is 21.5. The summed E-state index contributed by atoms with van der Waals surface area (Å²) in [5.74, 6) is -0.0142. The van der Waals surface area contributed by atoms with E-state index < -0.39 is 10.5 Å². The molecule has 0 fully saturated rings. The fraction of sp³-hybridized carbons (Fsp3) is 0.438. The number of halogens is 1. The maximum atomic E-state index is 12.4. The van der Waals surface area contributed by atoms with Crippen LogP contribution in [-0.4, -0.2) is 37.9 Å². The minimum Gasteiger partial charge on any atom is -0.344 e. The van der Waals surface area contributed by atoms with E-state index in [2.05, 4.69) is 29.5 Å². The number of hydrogen-bond acceptors (Lipinski definition) is 6. The minimum atomic E-state index is -0.541. The van der Waals surface area contributed by atoms with Crippen LogP contribution < -0.4 is 11.1 Å². The van der Waals surface area contributed by atoms with Gasteiger partial charge in [-0.2, -0.15) is 0 Å². The summed E-state index contributed by atoms with van der Waals surface area (Å²) >= 11 is 0. The SMILES string of the molecule is CC(C)CC(C)(CN)NC(=O)c1cn(-c2cccc([N+](=O)[O-])c2)nn1.Cl. The second-order valence-electron chi connectivity index (χ2n) is 6.64. The van der Waals surface area contributed by atoms with Gasteiger partial charge in [0.25, 0.3) is 11.6 Å². The van der Waals surface area contributed by atoms with Crippen molar-refractivity contribution in [3.05, 3.63) is 46.3 Å². The quantitative estimate of drug-likeness (QED) is 0.557. The number of nitrogens with zero attached hydrogens (tertiary/aromatic N) is 4. The minimum absolute atomic E-state index is 0. The Kier molecular flexibility index (Phi) is 7.22. The molecule has 1 aromatic heterocycles. The number of nitro benzene ring substituents is 1. The molecule has 3 N–H and O–H groups in total. The number of nitro groups is 1. The molecule has 1 aromatic carbocycles. The number of amides is 1. The Morgan fingerprint density at radius 2 is 2.15 bits per heavy atom. The number of carbonyl (C=O) groups excluding carboxylic acids is 1. The Morgan fingerprint density at radius 3 is 2.73 bits per heavy atom. The molecule has 0 aliphatic carbocycles. The van der Waals surface area contributed by atoms with Crippen LogP contribution in [0.4, 0.5) is 5.69 Å². The third-order valence-corrected chi connectivity index (χ3v) is 3.76. The second kappa shape index (κ2) is 8.72. The summed E-state index contributed by atoms with van der Waals surface area (Å²) in [7, 11) is 0. The highest BCUT2D eigenvalue weighted by atomic mass is 35.5. The molecule has 0 saturated carbocycles. The van der Waals surface area contributed by atoms with Gasteiger partial charge in [0, 0.05) is 18.7 Å². The monoisotopic (exact) mass is 382 g/mol. The van der Waals surface area contributed by atoms with Crippen molar-refractivity contribution >= 4 is 24.0 Å². The van der Waals surface area contributed by atoms with Gasteiger partial charge in [0.15, 0.2) is 5.69 Å². The van der Waals surface area contributed by atoms with E-state index >= 15 is 0 Å². The van der Waals surface area contributed by atoms with Crippen LogP contribution in [0, 0.1) is 16.0 Å². The number of nitrogens with one attached hydrogen (secondary N) is 1. The highest BCUT2D eigenvalue weighted by Gasteiger charge is 2.27. The van der Waals surface area contributed by atoms with Gasteiger partial charge in [-0.1, -0.05) is 25.1 Å². The Bertz CT molecular complexity index is 779. The van der Waals surface area contributed by atoms with E-state index in [1.54, 1.807) is 12.1 Å². The zero-order valence-corrected chi connectivity index (χ0v) is 15.7. The fourth-order valence-electron chi connectivity index (χ4n) is 2.67. The number of carbonyl (C=O) groups is 1. The summed E-state index contributed by atoms with van der Waals surface area (Å²) in [5.41, 5.74) is 5.77. The standard InChI is InChI=1S/C16H22N6O3.ClH/c1-11(2)8-16(3,10-17)18-15(23)14-9-21(20-19-14)12-5-4-6-13(7-12)22(24)25;/h4-7,9,11H,8,10,17H2,1-3H3,(H,18,23);1H.